The first kappa shape index (κ1) is 24.3. The summed E-state index contributed by atoms with van der Waals surface area (Å²) < 4.78 is 12.6. The maximum atomic E-state index is 13.3. The summed E-state index contributed by atoms with van der Waals surface area (Å²) in [5.41, 5.74) is 3.58. The second kappa shape index (κ2) is 10.7. The number of fused-ring (bicyclic) bond motifs is 1. The van der Waals surface area contributed by atoms with Gasteiger partial charge in [-0.2, -0.15) is 5.26 Å². The number of carbonyl (C=O) groups is 1. The minimum absolute atomic E-state index is 0.00619. The van der Waals surface area contributed by atoms with Gasteiger partial charge >= 0.3 is 0 Å². The molecule has 3 aromatic rings. The molecule has 0 N–H and O–H groups in total. The molecule has 0 aliphatic carbocycles. The molecule has 36 heavy (non-hydrogen) atoms. The number of hydrogen-bond donors (Lipinski definition) is 0. The van der Waals surface area contributed by atoms with E-state index in [0.29, 0.717) is 36.2 Å². The van der Waals surface area contributed by atoms with Gasteiger partial charge in [-0.3, -0.25) is 9.69 Å². The number of benzene rings is 3. The van der Waals surface area contributed by atoms with Crippen LogP contribution >= 0.6 is 27.7 Å². The van der Waals surface area contributed by atoms with Crippen molar-refractivity contribution < 1.29 is 14.3 Å². The highest BCUT2D eigenvalue weighted by atomic mass is 79.9. The van der Waals surface area contributed by atoms with Crippen molar-refractivity contribution in [2.24, 2.45) is 0 Å². The quantitative estimate of drug-likeness (QED) is 0.354. The second-order valence-corrected chi connectivity index (χ2v) is 10.4. The lowest BCUT2D eigenvalue weighted by atomic mass is 9.86. The zero-order valence-electron chi connectivity index (χ0n) is 19.7. The topological polar surface area (TPSA) is 65.8 Å². The highest BCUT2D eigenvalue weighted by Gasteiger charge is 2.38. The fraction of sp³-hybridized carbons (Fsp3) is 0.214. The summed E-state index contributed by atoms with van der Waals surface area (Å²) in [6.07, 6.45) is 0.231. The number of thioether (sulfide) groups is 1. The molecule has 3 aromatic carbocycles. The number of hydrogen-bond acceptors (Lipinski definition) is 6. The van der Waals surface area contributed by atoms with Crippen LogP contribution in [0, 0.1) is 11.3 Å². The van der Waals surface area contributed by atoms with Crippen LogP contribution in [-0.4, -0.2) is 30.5 Å². The van der Waals surface area contributed by atoms with E-state index in [4.69, 9.17) is 9.47 Å². The molecule has 0 unspecified atom stereocenters. The molecule has 2 aliphatic rings. The number of halogens is 1. The minimum Gasteiger partial charge on any atom is -0.493 e. The lowest BCUT2D eigenvalue weighted by molar-refractivity contribution is -0.129. The van der Waals surface area contributed by atoms with E-state index in [0.717, 1.165) is 26.3 Å². The number of ether oxygens (including phenoxy) is 2. The van der Waals surface area contributed by atoms with Crippen molar-refractivity contribution in [3.8, 4) is 17.6 Å². The summed E-state index contributed by atoms with van der Waals surface area (Å²) in [4.78, 5) is 17.1. The second-order valence-electron chi connectivity index (χ2n) is 8.52. The molecule has 0 bridgehead atoms. The molecule has 0 aromatic heterocycles. The molecule has 0 saturated carbocycles. The number of rotatable bonds is 6. The summed E-state index contributed by atoms with van der Waals surface area (Å²) in [5.74, 6) is 1.55. The summed E-state index contributed by atoms with van der Waals surface area (Å²) >= 11 is 4.99. The SMILES string of the molecule is COc1cc([C@H]2CC(=O)N3CN(c4ccc(Br)cc4)CSC3=C2C#N)ccc1OCc1ccccc1. The molecule has 1 saturated heterocycles. The lowest BCUT2D eigenvalue weighted by Gasteiger charge is -2.42. The van der Waals surface area contributed by atoms with Gasteiger partial charge in [0, 0.05) is 22.5 Å². The molecule has 1 amide bonds. The van der Waals surface area contributed by atoms with E-state index in [1.807, 2.05) is 72.8 Å². The highest BCUT2D eigenvalue weighted by molar-refractivity contribution is 9.10. The normalized spacial score (nSPS) is 17.5. The summed E-state index contributed by atoms with van der Waals surface area (Å²) in [7, 11) is 1.60. The first-order valence-electron chi connectivity index (χ1n) is 11.5. The number of amides is 1. The van der Waals surface area contributed by atoms with Crippen molar-refractivity contribution in [1.82, 2.24) is 4.90 Å². The van der Waals surface area contributed by atoms with Crippen molar-refractivity contribution in [2.75, 3.05) is 24.6 Å². The van der Waals surface area contributed by atoms with Gasteiger partial charge in [0.1, 0.15) is 6.61 Å². The number of anilines is 1. The smallest absolute Gasteiger partial charge is 0.229 e. The van der Waals surface area contributed by atoms with E-state index < -0.39 is 0 Å². The Kier molecular flexibility index (Phi) is 7.21. The Bertz CT molecular complexity index is 1340. The molecule has 0 spiro atoms. The third-order valence-corrected chi connectivity index (χ3v) is 8.00. The van der Waals surface area contributed by atoms with Gasteiger partial charge in [0.05, 0.1) is 36.3 Å². The summed E-state index contributed by atoms with van der Waals surface area (Å²) in [6, 6.07) is 26.0. The number of carbonyl (C=O) groups excluding carboxylic acids is 1. The van der Waals surface area contributed by atoms with E-state index in [2.05, 4.69) is 26.9 Å². The van der Waals surface area contributed by atoms with E-state index >= 15 is 0 Å². The van der Waals surface area contributed by atoms with Crippen molar-refractivity contribution >= 4 is 39.3 Å². The zero-order valence-corrected chi connectivity index (χ0v) is 22.1. The molecular formula is C28H24BrN3O3S. The van der Waals surface area contributed by atoms with Gasteiger partial charge in [0.25, 0.3) is 0 Å². The van der Waals surface area contributed by atoms with Crippen LogP contribution in [-0.2, 0) is 11.4 Å². The van der Waals surface area contributed by atoms with Gasteiger partial charge < -0.3 is 14.4 Å². The van der Waals surface area contributed by atoms with Crippen molar-refractivity contribution in [2.45, 2.75) is 18.9 Å². The van der Waals surface area contributed by atoms with Gasteiger partial charge in [-0.1, -0.05) is 64.1 Å². The number of methoxy groups -OCH3 is 1. The minimum atomic E-state index is -0.322. The van der Waals surface area contributed by atoms with Gasteiger partial charge in [0.15, 0.2) is 11.5 Å². The van der Waals surface area contributed by atoms with Crippen LogP contribution in [0.4, 0.5) is 5.69 Å². The fourth-order valence-electron chi connectivity index (χ4n) is 4.42. The molecule has 8 heteroatoms. The molecule has 1 fully saturated rings. The van der Waals surface area contributed by atoms with Crippen molar-refractivity contribution in [3.05, 3.63) is 99.0 Å². The number of nitriles is 1. The Balaban J connectivity index is 1.38. The van der Waals surface area contributed by atoms with Crippen LogP contribution < -0.4 is 14.4 Å². The highest BCUT2D eigenvalue weighted by Crippen LogP contribution is 2.44. The van der Waals surface area contributed by atoms with E-state index in [9.17, 15) is 10.1 Å². The van der Waals surface area contributed by atoms with E-state index in [1.54, 1.807) is 12.0 Å². The summed E-state index contributed by atoms with van der Waals surface area (Å²) in [6.45, 7) is 0.850. The van der Waals surface area contributed by atoms with Gasteiger partial charge in [0.2, 0.25) is 5.91 Å². The van der Waals surface area contributed by atoms with Gasteiger partial charge in [-0.25, -0.2) is 0 Å². The molecule has 5 rings (SSSR count). The Morgan fingerprint density at radius 1 is 1.08 bits per heavy atom. The van der Waals surface area contributed by atoms with Gasteiger partial charge in [-0.05, 0) is 47.5 Å². The Hall–Kier alpha value is -3.41. The van der Waals surface area contributed by atoms with E-state index in [-0.39, 0.29) is 18.2 Å². The molecule has 182 valence electrons. The largest absolute Gasteiger partial charge is 0.493 e. The first-order valence-corrected chi connectivity index (χ1v) is 13.3. The maximum Gasteiger partial charge on any atom is 0.229 e. The predicted molar refractivity (Wildman–Crippen MR) is 145 cm³/mol. The van der Waals surface area contributed by atoms with Crippen molar-refractivity contribution in [3.63, 3.8) is 0 Å². The van der Waals surface area contributed by atoms with Crippen LogP contribution in [0.1, 0.15) is 23.5 Å². The van der Waals surface area contributed by atoms with E-state index in [1.165, 1.54) is 11.8 Å². The van der Waals surface area contributed by atoms with Crippen LogP contribution in [0.5, 0.6) is 11.5 Å². The monoisotopic (exact) mass is 561 g/mol. The maximum absolute atomic E-state index is 13.3. The molecule has 1 atom stereocenters. The van der Waals surface area contributed by atoms with Crippen LogP contribution in [0.25, 0.3) is 0 Å². The predicted octanol–water partition coefficient (Wildman–Crippen LogP) is 6.26. The third kappa shape index (κ3) is 4.95. The molecule has 6 nitrogen and oxygen atoms in total. The standard InChI is InChI=1S/C28H24BrN3O3S/c1-34-26-13-20(7-12-25(26)35-16-19-5-3-2-4-6-19)23-14-27(33)32-17-31(18-36-28(32)24(23)15-30)22-10-8-21(29)9-11-22/h2-13,23H,14,16-18H2,1H3/t23-/m1/s1. The van der Waals surface area contributed by atoms with Crippen LogP contribution in [0.15, 0.2) is 87.9 Å². The number of nitrogens with zero attached hydrogens (tertiary/aromatic N) is 3. The Morgan fingerprint density at radius 3 is 2.58 bits per heavy atom. The average molecular weight is 562 g/mol. The fourth-order valence-corrected chi connectivity index (χ4v) is 5.85. The average Bonchev–Trinajstić information content (AvgIpc) is 2.92. The molecule has 2 heterocycles. The van der Waals surface area contributed by atoms with Crippen LogP contribution in [0.3, 0.4) is 0 Å². The first-order chi connectivity index (χ1) is 17.6. The summed E-state index contributed by atoms with van der Waals surface area (Å²) in [5, 5.41) is 10.9. The molecular weight excluding hydrogens is 538 g/mol. The zero-order chi connectivity index (χ0) is 25.1. The Morgan fingerprint density at radius 2 is 1.86 bits per heavy atom. The van der Waals surface area contributed by atoms with Crippen LogP contribution in [0.2, 0.25) is 0 Å². The lowest BCUT2D eigenvalue weighted by Crippen LogP contribution is -2.47. The van der Waals surface area contributed by atoms with Crippen molar-refractivity contribution in [1.29, 1.82) is 5.26 Å². The molecule has 2 aliphatic heterocycles. The van der Waals surface area contributed by atoms with Gasteiger partial charge in [-0.15, -0.1) is 0 Å². The number of allylic oxidation sites excluding steroid dienone is 1. The molecule has 0 radical (unpaired) electrons. The third-order valence-electron chi connectivity index (χ3n) is 6.31. The Labute approximate surface area is 223 Å².